The molecule has 4 rings (SSSR count). The Bertz CT molecular complexity index is 1010. The fourth-order valence-electron chi connectivity index (χ4n) is 3.12. The van der Waals surface area contributed by atoms with Gasteiger partial charge in [0.15, 0.2) is 0 Å². The smallest absolute Gasteiger partial charge is 0.254 e. The summed E-state index contributed by atoms with van der Waals surface area (Å²) >= 11 is 1.54. The molecular weight excluding hydrogens is 387 g/mol. The first-order valence-corrected chi connectivity index (χ1v) is 10.6. The summed E-state index contributed by atoms with van der Waals surface area (Å²) in [5.41, 5.74) is 3.80. The van der Waals surface area contributed by atoms with E-state index in [0.717, 1.165) is 29.3 Å². The normalized spacial score (nSPS) is 13.3. The highest BCUT2D eigenvalue weighted by molar-refractivity contribution is 7.09. The van der Waals surface area contributed by atoms with Crippen molar-refractivity contribution >= 4 is 17.2 Å². The minimum absolute atomic E-state index is 0.0755. The van der Waals surface area contributed by atoms with Gasteiger partial charge in [-0.2, -0.15) is 0 Å². The second-order valence-corrected chi connectivity index (χ2v) is 8.38. The van der Waals surface area contributed by atoms with Gasteiger partial charge in [0.25, 0.3) is 5.91 Å². The lowest BCUT2D eigenvalue weighted by atomic mass is 10.1. The lowest BCUT2D eigenvalue weighted by molar-refractivity contribution is 0.0728. The molecule has 150 valence electrons. The number of carbonyl (C=O) groups is 1. The summed E-state index contributed by atoms with van der Waals surface area (Å²) in [6, 6.07) is 12.0. The molecule has 0 saturated heterocycles. The van der Waals surface area contributed by atoms with Gasteiger partial charge in [-0.05, 0) is 74.2 Å². The number of benzene rings is 2. The van der Waals surface area contributed by atoms with Crippen LogP contribution in [0.25, 0.3) is 0 Å². The molecule has 0 N–H and O–H groups in total. The summed E-state index contributed by atoms with van der Waals surface area (Å²) in [4.78, 5) is 19.4. The van der Waals surface area contributed by atoms with Gasteiger partial charge in [-0.3, -0.25) is 4.79 Å². The van der Waals surface area contributed by atoms with Gasteiger partial charge >= 0.3 is 0 Å². The monoisotopic (exact) mass is 410 g/mol. The molecule has 0 atom stereocenters. The van der Waals surface area contributed by atoms with Crippen LogP contribution in [0, 0.1) is 19.7 Å². The van der Waals surface area contributed by atoms with Crippen LogP contribution < -0.4 is 4.74 Å². The van der Waals surface area contributed by atoms with Crippen LogP contribution in [0.3, 0.4) is 0 Å². The van der Waals surface area contributed by atoms with Crippen molar-refractivity contribution in [1.82, 2.24) is 9.88 Å². The minimum atomic E-state index is -0.340. The molecule has 1 aliphatic carbocycles. The zero-order chi connectivity index (χ0) is 20.4. The molecule has 0 unspecified atom stereocenters. The zero-order valence-corrected chi connectivity index (χ0v) is 17.3. The minimum Gasteiger partial charge on any atom is -0.486 e. The molecule has 0 radical (unpaired) electrons. The summed E-state index contributed by atoms with van der Waals surface area (Å²) in [6.07, 6.45) is 2.00. The summed E-state index contributed by atoms with van der Waals surface area (Å²) in [5.74, 6) is 0.414. The van der Waals surface area contributed by atoms with Gasteiger partial charge in [0.2, 0.25) is 0 Å². The van der Waals surface area contributed by atoms with Crippen LogP contribution in [0.5, 0.6) is 5.75 Å². The van der Waals surface area contributed by atoms with E-state index < -0.39 is 0 Å². The van der Waals surface area contributed by atoms with Gasteiger partial charge in [-0.1, -0.05) is 6.07 Å². The Labute approximate surface area is 174 Å². The van der Waals surface area contributed by atoms with Crippen LogP contribution in [-0.4, -0.2) is 21.8 Å². The second kappa shape index (κ2) is 8.33. The van der Waals surface area contributed by atoms with Crippen molar-refractivity contribution in [2.24, 2.45) is 0 Å². The lowest BCUT2D eigenvalue weighted by Gasteiger charge is -2.21. The Morgan fingerprint density at radius 1 is 1.17 bits per heavy atom. The average molecular weight is 411 g/mol. The van der Waals surface area contributed by atoms with E-state index in [-0.39, 0.29) is 17.8 Å². The maximum absolute atomic E-state index is 13.2. The van der Waals surface area contributed by atoms with Crippen LogP contribution >= 0.6 is 11.3 Å². The van der Waals surface area contributed by atoms with Crippen LogP contribution in [0.2, 0.25) is 0 Å². The molecule has 0 spiro atoms. The molecule has 6 heteroatoms. The third kappa shape index (κ3) is 4.82. The number of amides is 1. The molecular formula is C23H23FN2O2S. The predicted octanol–water partition coefficient (Wildman–Crippen LogP) is 5.28. The van der Waals surface area contributed by atoms with E-state index in [1.165, 1.54) is 46.7 Å². The number of carbonyl (C=O) groups excluding carboxylic acids is 1. The molecule has 29 heavy (non-hydrogen) atoms. The second-order valence-electron chi connectivity index (χ2n) is 7.44. The molecule has 1 fully saturated rings. The molecule has 3 aromatic rings. The average Bonchev–Trinajstić information content (AvgIpc) is 3.46. The molecule has 1 aliphatic rings. The fraction of sp³-hybridized carbons (Fsp3) is 0.304. The Balaban J connectivity index is 1.40. The number of halogens is 1. The van der Waals surface area contributed by atoms with E-state index in [0.29, 0.717) is 18.7 Å². The molecule has 1 heterocycles. The number of ether oxygens (including phenoxy) is 1. The molecule has 2 aromatic carbocycles. The molecule has 0 aliphatic heterocycles. The molecule has 4 nitrogen and oxygen atoms in total. The highest BCUT2D eigenvalue weighted by Crippen LogP contribution is 2.30. The summed E-state index contributed by atoms with van der Waals surface area (Å²) in [5, 5.41) is 2.86. The predicted molar refractivity (Wildman–Crippen MR) is 112 cm³/mol. The summed E-state index contributed by atoms with van der Waals surface area (Å²) < 4.78 is 19.0. The number of hydrogen-bond acceptors (Lipinski definition) is 4. The van der Waals surface area contributed by atoms with Crippen LogP contribution in [0.4, 0.5) is 4.39 Å². The summed E-state index contributed by atoms with van der Waals surface area (Å²) in [6.45, 7) is 5.00. The highest BCUT2D eigenvalue weighted by Gasteiger charge is 2.33. The van der Waals surface area contributed by atoms with Crippen molar-refractivity contribution in [1.29, 1.82) is 0 Å². The quantitative estimate of drug-likeness (QED) is 0.532. The van der Waals surface area contributed by atoms with Crippen molar-refractivity contribution in [3.63, 3.8) is 0 Å². The van der Waals surface area contributed by atoms with E-state index in [1.807, 2.05) is 28.5 Å². The third-order valence-electron chi connectivity index (χ3n) is 5.11. The van der Waals surface area contributed by atoms with Gasteiger partial charge in [-0.25, -0.2) is 9.37 Å². The Morgan fingerprint density at radius 3 is 2.62 bits per heavy atom. The Morgan fingerprint density at radius 2 is 1.93 bits per heavy atom. The lowest BCUT2D eigenvalue weighted by Crippen LogP contribution is -2.32. The maximum Gasteiger partial charge on any atom is 0.254 e. The standard InChI is InChI=1S/C23H23FN2O2S/c1-15-3-10-21(11-16(15)2)28-13-22-25-19(14-29-22)12-26(20-8-9-20)23(27)17-4-6-18(24)7-5-17/h3-7,10-11,14,20H,8-9,12-13H2,1-2H3. The van der Waals surface area contributed by atoms with Gasteiger partial charge in [0.1, 0.15) is 23.2 Å². The van der Waals surface area contributed by atoms with Crippen LogP contribution in [0.15, 0.2) is 47.8 Å². The first-order valence-electron chi connectivity index (χ1n) is 9.69. The van der Waals surface area contributed by atoms with E-state index >= 15 is 0 Å². The number of aromatic nitrogens is 1. The fourth-order valence-corrected chi connectivity index (χ4v) is 3.82. The SMILES string of the molecule is Cc1ccc(OCc2nc(CN(C(=O)c3ccc(F)cc3)C3CC3)cs2)cc1C. The topological polar surface area (TPSA) is 42.4 Å². The zero-order valence-electron chi connectivity index (χ0n) is 16.5. The van der Waals surface area contributed by atoms with Crippen LogP contribution in [0.1, 0.15) is 45.0 Å². The molecule has 1 amide bonds. The summed E-state index contributed by atoms with van der Waals surface area (Å²) in [7, 11) is 0. The largest absolute Gasteiger partial charge is 0.486 e. The van der Waals surface area contributed by atoms with Gasteiger partial charge in [-0.15, -0.1) is 11.3 Å². The molecule has 1 saturated carbocycles. The highest BCUT2D eigenvalue weighted by atomic mass is 32.1. The van der Waals surface area contributed by atoms with Crippen molar-refractivity contribution in [3.8, 4) is 5.75 Å². The number of hydrogen-bond donors (Lipinski definition) is 0. The van der Waals surface area contributed by atoms with Crippen molar-refractivity contribution in [2.45, 2.75) is 45.9 Å². The van der Waals surface area contributed by atoms with Gasteiger partial charge in [0, 0.05) is 17.0 Å². The van der Waals surface area contributed by atoms with Crippen LogP contribution in [-0.2, 0) is 13.2 Å². The van der Waals surface area contributed by atoms with E-state index in [4.69, 9.17) is 4.74 Å². The number of nitrogens with zero attached hydrogens (tertiary/aromatic N) is 2. The number of rotatable bonds is 7. The molecule has 1 aromatic heterocycles. The van der Waals surface area contributed by atoms with Gasteiger partial charge < -0.3 is 9.64 Å². The Kier molecular flexibility index (Phi) is 5.62. The van der Waals surface area contributed by atoms with E-state index in [9.17, 15) is 9.18 Å². The first kappa shape index (κ1) is 19.6. The number of aryl methyl sites for hydroxylation is 2. The number of thiazole rings is 1. The Hall–Kier alpha value is -2.73. The van der Waals surface area contributed by atoms with Crippen molar-refractivity contribution in [3.05, 3.63) is 81.1 Å². The van der Waals surface area contributed by atoms with Gasteiger partial charge in [0.05, 0.1) is 12.2 Å². The van der Waals surface area contributed by atoms with Crippen molar-refractivity contribution in [2.75, 3.05) is 0 Å². The van der Waals surface area contributed by atoms with Crippen molar-refractivity contribution < 1.29 is 13.9 Å². The van der Waals surface area contributed by atoms with E-state index in [1.54, 1.807) is 0 Å². The third-order valence-corrected chi connectivity index (χ3v) is 5.98. The first-order chi connectivity index (χ1) is 14.0. The maximum atomic E-state index is 13.2. The molecule has 0 bridgehead atoms. The van der Waals surface area contributed by atoms with E-state index in [2.05, 4.69) is 18.8 Å².